The fourth-order valence-electron chi connectivity index (χ4n) is 1.81. The van der Waals surface area contributed by atoms with Gasteiger partial charge in [0.15, 0.2) is 5.78 Å². The molecule has 2 rings (SSSR count). The monoisotopic (exact) mass is 427 g/mol. The van der Waals surface area contributed by atoms with Crippen molar-refractivity contribution in [1.29, 1.82) is 0 Å². The molecule has 0 aromatic heterocycles. The second kappa shape index (κ2) is 7.65. The van der Waals surface area contributed by atoms with Gasteiger partial charge in [-0.3, -0.25) is 9.59 Å². The average Bonchev–Trinajstić information content (AvgIpc) is 2.48. The number of anilines is 1. The summed E-state index contributed by atoms with van der Waals surface area (Å²) in [5.41, 5.74) is 0.648. The molecule has 6 heteroatoms. The minimum absolute atomic E-state index is 0.00437. The quantitative estimate of drug-likeness (QED) is 0.684. The van der Waals surface area contributed by atoms with E-state index in [9.17, 15) is 14.0 Å². The predicted molar refractivity (Wildman–Crippen MR) is 90.4 cm³/mol. The van der Waals surface area contributed by atoms with Crippen LogP contribution in [-0.2, 0) is 4.79 Å². The number of amides is 1. The van der Waals surface area contributed by atoms with Gasteiger partial charge in [-0.1, -0.05) is 44.0 Å². The lowest BCUT2D eigenvalue weighted by molar-refractivity contribution is -0.116. The SMILES string of the molecule is O=C(CCC(=O)c1ccc(Br)cc1)Nc1ccc(Br)cc1F. The number of rotatable bonds is 5. The molecule has 0 saturated carbocycles. The van der Waals surface area contributed by atoms with Crippen LogP contribution in [0.1, 0.15) is 23.2 Å². The maximum atomic E-state index is 13.6. The minimum Gasteiger partial charge on any atom is -0.324 e. The molecule has 0 fully saturated rings. The number of hydrogen-bond acceptors (Lipinski definition) is 2. The largest absolute Gasteiger partial charge is 0.324 e. The molecule has 0 unspecified atom stereocenters. The zero-order valence-electron chi connectivity index (χ0n) is 11.4. The molecule has 2 aromatic rings. The van der Waals surface area contributed by atoms with Gasteiger partial charge in [-0.25, -0.2) is 4.39 Å². The molecule has 22 heavy (non-hydrogen) atoms. The van der Waals surface area contributed by atoms with Crippen LogP contribution < -0.4 is 5.32 Å². The third-order valence-corrected chi connectivity index (χ3v) is 3.97. The molecule has 3 nitrogen and oxygen atoms in total. The molecule has 0 atom stereocenters. The van der Waals surface area contributed by atoms with Crippen molar-refractivity contribution in [2.45, 2.75) is 12.8 Å². The van der Waals surface area contributed by atoms with E-state index in [-0.39, 0.29) is 24.3 Å². The van der Waals surface area contributed by atoms with Crippen LogP contribution in [0.25, 0.3) is 0 Å². The molecule has 0 heterocycles. The Kier molecular flexibility index (Phi) is 5.85. The highest BCUT2D eigenvalue weighted by Gasteiger charge is 2.11. The molecule has 0 radical (unpaired) electrons. The zero-order valence-corrected chi connectivity index (χ0v) is 14.6. The number of halogens is 3. The first-order chi connectivity index (χ1) is 10.5. The van der Waals surface area contributed by atoms with Gasteiger partial charge in [0, 0.05) is 27.4 Å². The van der Waals surface area contributed by atoms with E-state index in [4.69, 9.17) is 0 Å². The Balaban J connectivity index is 1.89. The summed E-state index contributed by atoms with van der Waals surface area (Å²) in [5.74, 6) is -1.05. The van der Waals surface area contributed by atoms with E-state index in [1.807, 2.05) is 0 Å². The Morgan fingerprint density at radius 1 is 0.955 bits per heavy atom. The second-order valence-electron chi connectivity index (χ2n) is 4.60. The van der Waals surface area contributed by atoms with Gasteiger partial charge < -0.3 is 5.32 Å². The topological polar surface area (TPSA) is 46.2 Å². The lowest BCUT2D eigenvalue weighted by Gasteiger charge is -2.06. The van der Waals surface area contributed by atoms with Crippen molar-refractivity contribution in [3.8, 4) is 0 Å². The molecule has 0 aliphatic rings. The minimum atomic E-state index is -0.526. The Bertz CT molecular complexity index is 702. The van der Waals surface area contributed by atoms with Crippen LogP contribution in [0.15, 0.2) is 51.4 Å². The van der Waals surface area contributed by atoms with Gasteiger partial charge in [0.25, 0.3) is 0 Å². The summed E-state index contributed by atoms with van der Waals surface area (Å²) < 4.78 is 15.1. The Hall–Kier alpha value is -1.53. The van der Waals surface area contributed by atoms with E-state index in [1.165, 1.54) is 12.1 Å². The molecular weight excluding hydrogens is 417 g/mol. The highest BCUT2D eigenvalue weighted by atomic mass is 79.9. The highest BCUT2D eigenvalue weighted by Crippen LogP contribution is 2.19. The first kappa shape index (κ1) is 16.8. The van der Waals surface area contributed by atoms with Crippen molar-refractivity contribution in [3.63, 3.8) is 0 Å². The van der Waals surface area contributed by atoms with Gasteiger partial charge in [0.05, 0.1) is 5.69 Å². The average molecular weight is 429 g/mol. The third-order valence-electron chi connectivity index (χ3n) is 2.95. The molecule has 114 valence electrons. The van der Waals surface area contributed by atoms with Gasteiger partial charge in [-0.2, -0.15) is 0 Å². The van der Waals surface area contributed by atoms with Crippen LogP contribution in [0.5, 0.6) is 0 Å². The maximum absolute atomic E-state index is 13.6. The lowest BCUT2D eigenvalue weighted by Crippen LogP contribution is -2.14. The van der Waals surface area contributed by atoms with E-state index >= 15 is 0 Å². The summed E-state index contributed by atoms with van der Waals surface area (Å²) in [7, 11) is 0. The normalized spacial score (nSPS) is 10.3. The number of benzene rings is 2. The maximum Gasteiger partial charge on any atom is 0.224 e. The van der Waals surface area contributed by atoms with Gasteiger partial charge in [0.2, 0.25) is 5.91 Å². The predicted octanol–water partition coefficient (Wildman–Crippen LogP) is 4.95. The number of Topliss-reactive ketones (excluding diaryl/α,β-unsaturated/α-hetero) is 1. The molecule has 2 aromatic carbocycles. The van der Waals surface area contributed by atoms with E-state index in [0.29, 0.717) is 10.0 Å². The molecule has 0 spiro atoms. The van der Waals surface area contributed by atoms with Crippen molar-refractivity contribution in [2.24, 2.45) is 0 Å². The van der Waals surface area contributed by atoms with Crippen molar-refractivity contribution in [3.05, 3.63) is 62.8 Å². The van der Waals surface area contributed by atoms with Crippen LogP contribution in [-0.4, -0.2) is 11.7 Å². The molecule has 0 bridgehead atoms. The Morgan fingerprint density at radius 2 is 1.59 bits per heavy atom. The van der Waals surface area contributed by atoms with Crippen LogP contribution in [0.2, 0.25) is 0 Å². The molecule has 1 N–H and O–H groups in total. The summed E-state index contributed by atoms with van der Waals surface area (Å²) in [4.78, 5) is 23.7. The van der Waals surface area contributed by atoms with E-state index in [1.54, 1.807) is 30.3 Å². The lowest BCUT2D eigenvalue weighted by atomic mass is 10.1. The zero-order chi connectivity index (χ0) is 16.1. The number of nitrogens with one attached hydrogen (secondary N) is 1. The molecule has 0 saturated heterocycles. The van der Waals surface area contributed by atoms with Gasteiger partial charge >= 0.3 is 0 Å². The first-order valence-corrected chi connectivity index (χ1v) is 8.08. The van der Waals surface area contributed by atoms with Gasteiger partial charge in [-0.15, -0.1) is 0 Å². The van der Waals surface area contributed by atoms with Crippen LogP contribution >= 0.6 is 31.9 Å². The number of ketones is 1. The standard InChI is InChI=1S/C16H12Br2FNO2/c17-11-3-1-10(2-4-11)15(21)7-8-16(22)20-14-6-5-12(18)9-13(14)19/h1-6,9H,7-8H2,(H,20,22). The van der Waals surface area contributed by atoms with E-state index in [2.05, 4.69) is 37.2 Å². The molecule has 0 aliphatic carbocycles. The smallest absolute Gasteiger partial charge is 0.224 e. The van der Waals surface area contributed by atoms with Crippen LogP contribution in [0, 0.1) is 5.82 Å². The van der Waals surface area contributed by atoms with Crippen LogP contribution in [0.4, 0.5) is 10.1 Å². The van der Waals surface area contributed by atoms with Crippen molar-refractivity contribution in [1.82, 2.24) is 0 Å². The third kappa shape index (κ3) is 4.74. The summed E-state index contributed by atoms with van der Waals surface area (Å²) >= 11 is 6.43. The molecule has 0 aliphatic heterocycles. The first-order valence-electron chi connectivity index (χ1n) is 6.49. The van der Waals surface area contributed by atoms with Gasteiger partial charge in [0.1, 0.15) is 5.82 Å². The summed E-state index contributed by atoms with van der Waals surface area (Å²) in [6.45, 7) is 0. The van der Waals surface area contributed by atoms with Gasteiger partial charge in [-0.05, 0) is 30.3 Å². The van der Waals surface area contributed by atoms with Crippen molar-refractivity contribution < 1.29 is 14.0 Å². The fourth-order valence-corrected chi connectivity index (χ4v) is 2.41. The van der Waals surface area contributed by atoms with E-state index < -0.39 is 11.7 Å². The summed E-state index contributed by atoms with van der Waals surface area (Å²) in [5, 5.41) is 2.46. The number of hydrogen-bond donors (Lipinski definition) is 1. The van der Waals surface area contributed by atoms with Crippen molar-refractivity contribution in [2.75, 3.05) is 5.32 Å². The summed E-state index contributed by atoms with van der Waals surface area (Å²) in [6, 6.07) is 11.3. The molecular formula is C16H12Br2FNO2. The highest BCUT2D eigenvalue weighted by molar-refractivity contribution is 9.10. The fraction of sp³-hybridized carbons (Fsp3) is 0.125. The van der Waals surface area contributed by atoms with E-state index in [0.717, 1.165) is 4.47 Å². The number of carbonyl (C=O) groups excluding carboxylic acids is 2. The summed E-state index contributed by atoms with van der Waals surface area (Å²) in [6.07, 6.45) is 0.0794. The van der Waals surface area contributed by atoms with Crippen molar-refractivity contribution >= 4 is 49.2 Å². The second-order valence-corrected chi connectivity index (χ2v) is 6.43. The molecule has 1 amide bonds. The number of carbonyl (C=O) groups is 2. The Labute approximate surface area is 144 Å². The van der Waals surface area contributed by atoms with Crippen LogP contribution in [0.3, 0.4) is 0 Å². The Morgan fingerprint density at radius 3 is 2.23 bits per heavy atom.